The Morgan fingerprint density at radius 2 is 1.92 bits per heavy atom. The molecule has 0 saturated carbocycles. The van der Waals surface area contributed by atoms with Gasteiger partial charge < -0.3 is 5.73 Å². The lowest BCUT2D eigenvalue weighted by Gasteiger charge is -2.12. The molecule has 12 heavy (non-hydrogen) atoms. The van der Waals surface area contributed by atoms with Gasteiger partial charge in [0.25, 0.3) is 0 Å². The van der Waals surface area contributed by atoms with Crippen LogP contribution in [0, 0.1) is 0 Å². The van der Waals surface area contributed by atoms with Gasteiger partial charge in [-0.05, 0) is 17.9 Å². The fourth-order valence-corrected chi connectivity index (χ4v) is 2.49. The van der Waals surface area contributed by atoms with Gasteiger partial charge in [0.2, 0.25) is 0 Å². The molecule has 0 bridgehead atoms. The van der Waals surface area contributed by atoms with E-state index in [4.69, 9.17) is 5.73 Å². The Morgan fingerprint density at radius 3 is 2.42 bits per heavy atom. The van der Waals surface area contributed by atoms with Crippen molar-refractivity contribution in [1.82, 2.24) is 0 Å². The summed E-state index contributed by atoms with van der Waals surface area (Å²) in [6, 6.07) is 10.6. The van der Waals surface area contributed by atoms with Gasteiger partial charge in [-0.2, -0.15) is 0 Å². The second-order valence-corrected chi connectivity index (χ2v) is 5.47. The topological polar surface area (TPSA) is 26.0 Å². The van der Waals surface area contributed by atoms with E-state index >= 15 is 0 Å². The Balaban J connectivity index is 2.51. The molecule has 0 heterocycles. The average Bonchev–Trinajstić information content (AvgIpc) is 2.16. The largest absolute Gasteiger partial charge is 0.327 e. The van der Waals surface area contributed by atoms with Crippen LogP contribution in [0.3, 0.4) is 0 Å². The van der Waals surface area contributed by atoms with E-state index in [1.807, 2.05) is 0 Å². The Bertz CT molecular complexity index is 206. The van der Waals surface area contributed by atoms with Crippen molar-refractivity contribution in [3.8, 4) is 0 Å². The van der Waals surface area contributed by atoms with E-state index in [1.165, 1.54) is 17.9 Å². The average molecular weight is 181 g/mol. The monoisotopic (exact) mass is 181 g/mol. The molecule has 2 heteroatoms. The fourth-order valence-electron chi connectivity index (χ4n) is 1.15. The third kappa shape index (κ3) is 2.92. The molecule has 0 aliphatic heterocycles. The molecule has 1 unspecified atom stereocenters. The Morgan fingerprint density at radius 1 is 1.25 bits per heavy atom. The van der Waals surface area contributed by atoms with Gasteiger partial charge >= 0.3 is 0 Å². The minimum absolute atomic E-state index is 0.0453. The van der Waals surface area contributed by atoms with Crippen molar-refractivity contribution >= 4 is 7.92 Å². The summed E-state index contributed by atoms with van der Waals surface area (Å²) in [6.07, 6.45) is 3.28. The van der Waals surface area contributed by atoms with Crippen LogP contribution in [0.25, 0.3) is 0 Å². The van der Waals surface area contributed by atoms with Crippen molar-refractivity contribution in [2.24, 2.45) is 5.73 Å². The summed E-state index contributed by atoms with van der Waals surface area (Å²) in [6.45, 7) is 2.22. The van der Waals surface area contributed by atoms with E-state index in [9.17, 15) is 0 Å². The molecule has 0 saturated heterocycles. The SMILES string of the molecule is CCP(CN)Cc1ccccc1. The van der Waals surface area contributed by atoms with E-state index < -0.39 is 0 Å². The summed E-state index contributed by atoms with van der Waals surface area (Å²) in [7, 11) is 0.0453. The zero-order chi connectivity index (χ0) is 8.81. The van der Waals surface area contributed by atoms with Gasteiger partial charge in [0.1, 0.15) is 0 Å². The maximum Gasteiger partial charge on any atom is 0.0130 e. The highest BCUT2D eigenvalue weighted by atomic mass is 31.1. The smallest absolute Gasteiger partial charge is 0.0130 e. The molecular formula is C10H16NP. The first kappa shape index (κ1) is 9.70. The van der Waals surface area contributed by atoms with E-state index in [1.54, 1.807) is 0 Å². The Labute approximate surface area is 75.7 Å². The summed E-state index contributed by atoms with van der Waals surface area (Å²) in [4.78, 5) is 0. The highest BCUT2D eigenvalue weighted by Gasteiger charge is 2.02. The molecule has 0 aliphatic rings. The van der Waals surface area contributed by atoms with Crippen LogP contribution >= 0.6 is 7.92 Å². The van der Waals surface area contributed by atoms with E-state index in [2.05, 4.69) is 37.3 Å². The Hall–Kier alpha value is -0.390. The zero-order valence-electron chi connectivity index (χ0n) is 7.53. The third-order valence-corrected chi connectivity index (χ3v) is 4.18. The second kappa shape index (κ2) is 5.29. The maximum atomic E-state index is 5.66. The maximum absolute atomic E-state index is 5.66. The molecule has 1 rings (SSSR count). The first-order valence-electron chi connectivity index (χ1n) is 4.33. The first-order chi connectivity index (χ1) is 5.86. The standard InChI is InChI=1S/C10H16NP/c1-2-12(9-11)8-10-6-4-3-5-7-10/h3-7H,2,8-9,11H2,1H3. The first-order valence-corrected chi connectivity index (χ1v) is 6.23. The molecule has 66 valence electrons. The van der Waals surface area contributed by atoms with Gasteiger partial charge in [-0.3, -0.25) is 0 Å². The third-order valence-electron chi connectivity index (χ3n) is 1.95. The minimum Gasteiger partial charge on any atom is -0.327 e. The van der Waals surface area contributed by atoms with E-state index in [-0.39, 0.29) is 7.92 Å². The highest BCUT2D eigenvalue weighted by Crippen LogP contribution is 2.36. The molecule has 0 amide bonds. The molecule has 1 aromatic rings. The highest BCUT2D eigenvalue weighted by molar-refractivity contribution is 7.56. The summed E-state index contributed by atoms with van der Waals surface area (Å²) < 4.78 is 0. The molecule has 1 atom stereocenters. The number of hydrogen-bond donors (Lipinski definition) is 1. The number of hydrogen-bond acceptors (Lipinski definition) is 1. The van der Waals surface area contributed by atoms with Crippen LogP contribution in [0.15, 0.2) is 30.3 Å². The van der Waals surface area contributed by atoms with Crippen LogP contribution in [0.5, 0.6) is 0 Å². The molecule has 1 aromatic carbocycles. The fraction of sp³-hybridized carbons (Fsp3) is 0.400. The van der Waals surface area contributed by atoms with Crippen molar-refractivity contribution in [3.63, 3.8) is 0 Å². The lowest BCUT2D eigenvalue weighted by Crippen LogP contribution is -2.00. The van der Waals surface area contributed by atoms with Crippen molar-refractivity contribution in [1.29, 1.82) is 0 Å². The van der Waals surface area contributed by atoms with Gasteiger partial charge in [0, 0.05) is 6.29 Å². The van der Waals surface area contributed by atoms with E-state index in [0.717, 1.165) is 6.29 Å². The summed E-state index contributed by atoms with van der Waals surface area (Å²) >= 11 is 0. The number of rotatable bonds is 4. The second-order valence-electron chi connectivity index (χ2n) is 2.81. The molecule has 0 spiro atoms. The molecule has 1 nitrogen and oxygen atoms in total. The van der Waals surface area contributed by atoms with Crippen molar-refractivity contribution in [2.75, 3.05) is 12.4 Å². The zero-order valence-corrected chi connectivity index (χ0v) is 8.43. The lowest BCUT2D eigenvalue weighted by molar-refractivity contribution is 1.28. The van der Waals surface area contributed by atoms with Crippen LogP contribution < -0.4 is 5.73 Å². The van der Waals surface area contributed by atoms with Crippen LogP contribution in [0.4, 0.5) is 0 Å². The minimum atomic E-state index is 0.0453. The van der Waals surface area contributed by atoms with Gasteiger partial charge in [-0.15, -0.1) is 0 Å². The van der Waals surface area contributed by atoms with Gasteiger partial charge in [-0.1, -0.05) is 45.2 Å². The van der Waals surface area contributed by atoms with Crippen LogP contribution in [0.2, 0.25) is 0 Å². The normalized spacial score (nSPS) is 12.8. The Kier molecular flexibility index (Phi) is 4.27. The number of nitrogens with two attached hydrogens (primary N) is 1. The van der Waals surface area contributed by atoms with Crippen molar-refractivity contribution < 1.29 is 0 Å². The molecule has 0 radical (unpaired) electrons. The summed E-state index contributed by atoms with van der Waals surface area (Å²) in [5.74, 6) is 0. The number of benzene rings is 1. The lowest BCUT2D eigenvalue weighted by atomic mass is 10.2. The van der Waals surface area contributed by atoms with Gasteiger partial charge in [0.05, 0.1) is 0 Å². The van der Waals surface area contributed by atoms with Crippen LogP contribution in [-0.2, 0) is 6.16 Å². The predicted molar refractivity (Wildman–Crippen MR) is 56.7 cm³/mol. The molecular weight excluding hydrogens is 165 g/mol. The van der Waals surface area contributed by atoms with E-state index in [0.29, 0.717) is 0 Å². The van der Waals surface area contributed by atoms with Gasteiger partial charge in [0.15, 0.2) is 0 Å². The molecule has 0 aliphatic carbocycles. The summed E-state index contributed by atoms with van der Waals surface area (Å²) in [5.41, 5.74) is 7.09. The van der Waals surface area contributed by atoms with Crippen LogP contribution in [0.1, 0.15) is 12.5 Å². The van der Waals surface area contributed by atoms with Crippen molar-refractivity contribution in [3.05, 3.63) is 35.9 Å². The van der Waals surface area contributed by atoms with Gasteiger partial charge in [-0.25, -0.2) is 0 Å². The van der Waals surface area contributed by atoms with Crippen molar-refractivity contribution in [2.45, 2.75) is 13.1 Å². The predicted octanol–water partition coefficient (Wildman–Crippen LogP) is 2.60. The molecule has 2 N–H and O–H groups in total. The summed E-state index contributed by atoms with van der Waals surface area (Å²) in [5, 5.41) is 0. The molecule has 0 fully saturated rings. The quantitative estimate of drug-likeness (QED) is 0.710. The molecule has 0 aromatic heterocycles. The van der Waals surface area contributed by atoms with Crippen LogP contribution in [-0.4, -0.2) is 12.4 Å².